The van der Waals surface area contributed by atoms with Crippen LogP contribution in [0.1, 0.15) is 49.8 Å². The van der Waals surface area contributed by atoms with Gasteiger partial charge in [0.2, 0.25) is 10.0 Å². The van der Waals surface area contributed by atoms with Crippen molar-refractivity contribution in [2.24, 2.45) is 7.05 Å². The van der Waals surface area contributed by atoms with Gasteiger partial charge in [0.25, 0.3) is 5.56 Å². The molecule has 184 valence electrons. The third-order valence-electron chi connectivity index (χ3n) is 5.59. The van der Waals surface area contributed by atoms with Crippen LogP contribution in [0.25, 0.3) is 11.2 Å². The molecule has 0 spiro atoms. The second kappa shape index (κ2) is 10.3. The molecule has 0 bridgehead atoms. The van der Waals surface area contributed by atoms with Crippen LogP contribution in [-0.4, -0.2) is 50.9 Å². The molecule has 0 atom stereocenters. The smallest absolute Gasteiger partial charge is 0.338 e. The second-order valence-electron chi connectivity index (χ2n) is 7.72. The summed E-state index contributed by atoms with van der Waals surface area (Å²) < 4.78 is 35.1. The van der Waals surface area contributed by atoms with Crippen LogP contribution in [0.4, 0.5) is 0 Å². The number of fused-ring (bicyclic) bond motifs is 1. The van der Waals surface area contributed by atoms with E-state index in [-0.39, 0.29) is 34.1 Å². The number of aryl methyl sites for hydroxylation is 2. The Bertz CT molecular complexity index is 1420. The number of nitrogens with zero attached hydrogens (tertiary/aromatic N) is 4. The van der Waals surface area contributed by atoms with Crippen LogP contribution in [0.5, 0.6) is 0 Å². The number of carbonyl (C=O) groups excluding carboxylic acids is 1. The SMILES string of the molecule is CCCCn1c(=O)[nH]c(=O)c2c1nc(COC(=O)c1cccc(S(=O)(=O)N(CC)CC)c1)n2C. The molecular formula is C22H29N5O6S. The van der Waals surface area contributed by atoms with Gasteiger partial charge in [0, 0.05) is 26.7 Å². The molecule has 0 saturated carbocycles. The molecule has 3 aromatic rings. The number of carbonyl (C=O) groups is 1. The maximum atomic E-state index is 12.8. The monoisotopic (exact) mass is 491 g/mol. The maximum absolute atomic E-state index is 12.8. The number of hydrogen-bond acceptors (Lipinski definition) is 7. The fraction of sp³-hybridized carbons (Fsp3) is 0.455. The molecule has 0 saturated heterocycles. The third kappa shape index (κ3) is 4.82. The van der Waals surface area contributed by atoms with Gasteiger partial charge in [-0.25, -0.2) is 23.0 Å². The zero-order valence-electron chi connectivity index (χ0n) is 19.7. The van der Waals surface area contributed by atoms with Crippen molar-refractivity contribution in [1.82, 2.24) is 23.4 Å². The lowest BCUT2D eigenvalue weighted by atomic mass is 10.2. The Morgan fingerprint density at radius 3 is 2.53 bits per heavy atom. The number of nitrogens with one attached hydrogen (secondary N) is 1. The number of imidazole rings is 1. The Balaban J connectivity index is 1.88. The molecule has 3 rings (SSSR count). The number of benzene rings is 1. The summed E-state index contributed by atoms with van der Waals surface area (Å²) >= 11 is 0. The van der Waals surface area contributed by atoms with E-state index in [1.54, 1.807) is 20.9 Å². The molecule has 1 aromatic carbocycles. The van der Waals surface area contributed by atoms with E-state index in [9.17, 15) is 22.8 Å². The topological polar surface area (TPSA) is 136 Å². The summed E-state index contributed by atoms with van der Waals surface area (Å²) in [6, 6.07) is 5.65. The van der Waals surface area contributed by atoms with Gasteiger partial charge in [0.05, 0.1) is 10.5 Å². The van der Waals surface area contributed by atoms with Crippen LogP contribution in [0.3, 0.4) is 0 Å². The number of unbranched alkanes of at least 4 members (excludes halogenated alkanes) is 1. The van der Waals surface area contributed by atoms with E-state index in [0.717, 1.165) is 12.8 Å². The number of esters is 1. The summed E-state index contributed by atoms with van der Waals surface area (Å²) in [5.41, 5.74) is -0.615. The van der Waals surface area contributed by atoms with Crippen molar-refractivity contribution in [3.63, 3.8) is 0 Å². The lowest BCUT2D eigenvalue weighted by molar-refractivity contribution is 0.0459. The normalized spacial score (nSPS) is 11.9. The quantitative estimate of drug-likeness (QED) is 0.426. The van der Waals surface area contributed by atoms with Gasteiger partial charge in [0.1, 0.15) is 12.4 Å². The number of rotatable bonds is 10. The van der Waals surface area contributed by atoms with Crippen molar-refractivity contribution in [2.45, 2.75) is 51.7 Å². The van der Waals surface area contributed by atoms with Gasteiger partial charge in [0.15, 0.2) is 11.2 Å². The Kier molecular flexibility index (Phi) is 7.72. The van der Waals surface area contributed by atoms with E-state index >= 15 is 0 Å². The van der Waals surface area contributed by atoms with Crippen LogP contribution < -0.4 is 11.2 Å². The average molecular weight is 492 g/mol. The molecular weight excluding hydrogens is 462 g/mol. The number of aromatic amines is 1. The molecule has 0 radical (unpaired) electrons. The van der Waals surface area contributed by atoms with Crippen molar-refractivity contribution in [3.05, 3.63) is 56.5 Å². The predicted octanol–water partition coefficient (Wildman–Crippen LogP) is 1.61. The molecule has 12 heteroatoms. The van der Waals surface area contributed by atoms with Crippen molar-refractivity contribution in [1.29, 1.82) is 0 Å². The number of sulfonamides is 1. The third-order valence-corrected chi connectivity index (χ3v) is 7.63. The number of H-pyrrole nitrogens is 1. The molecule has 0 aliphatic carbocycles. The average Bonchev–Trinajstić information content (AvgIpc) is 3.14. The van der Waals surface area contributed by atoms with Crippen molar-refractivity contribution < 1.29 is 17.9 Å². The van der Waals surface area contributed by atoms with Crippen LogP contribution in [0, 0.1) is 0 Å². The molecule has 2 heterocycles. The van der Waals surface area contributed by atoms with Gasteiger partial charge < -0.3 is 9.30 Å². The summed E-state index contributed by atoms with van der Waals surface area (Å²) in [5, 5.41) is 0. The fourth-order valence-electron chi connectivity index (χ4n) is 3.65. The molecule has 0 amide bonds. The Morgan fingerprint density at radius 2 is 1.88 bits per heavy atom. The van der Waals surface area contributed by atoms with Crippen LogP contribution in [-0.2, 0) is 35.0 Å². The van der Waals surface area contributed by atoms with Crippen molar-refractivity contribution >= 4 is 27.2 Å². The first-order chi connectivity index (χ1) is 16.1. The molecule has 0 aliphatic heterocycles. The van der Waals surface area contributed by atoms with Gasteiger partial charge in [-0.3, -0.25) is 14.3 Å². The standard InChI is InChI=1S/C22H29N5O6S/c1-5-8-12-27-19-18(20(28)24-22(27)30)25(4)17(23-19)14-33-21(29)15-10-9-11-16(13-15)34(31,32)26(6-2)7-3/h9-11,13H,5-8,12,14H2,1-4H3,(H,24,28,30). The first-order valence-corrected chi connectivity index (χ1v) is 12.5. The minimum atomic E-state index is -3.73. The van der Waals surface area contributed by atoms with Crippen molar-refractivity contribution in [3.8, 4) is 0 Å². The number of aromatic nitrogens is 4. The summed E-state index contributed by atoms with van der Waals surface area (Å²) in [6.45, 7) is 6.21. The molecule has 11 nitrogen and oxygen atoms in total. The van der Waals surface area contributed by atoms with Crippen molar-refractivity contribution in [2.75, 3.05) is 13.1 Å². The molecule has 0 unspecified atom stereocenters. The van der Waals surface area contributed by atoms with Gasteiger partial charge >= 0.3 is 11.7 Å². The summed E-state index contributed by atoms with van der Waals surface area (Å²) in [7, 11) is -2.13. The first kappa shape index (κ1) is 25.4. The molecule has 34 heavy (non-hydrogen) atoms. The predicted molar refractivity (Wildman–Crippen MR) is 126 cm³/mol. The van der Waals surface area contributed by atoms with E-state index in [1.807, 2.05) is 6.92 Å². The number of ether oxygens (including phenoxy) is 1. The number of hydrogen-bond donors (Lipinski definition) is 1. The summed E-state index contributed by atoms with van der Waals surface area (Å²) in [4.78, 5) is 44.0. The molecule has 1 N–H and O–H groups in total. The minimum Gasteiger partial charge on any atom is -0.454 e. The fourth-order valence-corrected chi connectivity index (χ4v) is 5.16. The Hall–Kier alpha value is -3.25. The van der Waals surface area contributed by atoms with E-state index in [1.165, 1.54) is 37.7 Å². The lowest BCUT2D eigenvalue weighted by Gasteiger charge is -2.18. The van der Waals surface area contributed by atoms with E-state index in [2.05, 4.69) is 9.97 Å². The highest BCUT2D eigenvalue weighted by Gasteiger charge is 2.23. The second-order valence-corrected chi connectivity index (χ2v) is 9.65. The largest absolute Gasteiger partial charge is 0.454 e. The van der Waals surface area contributed by atoms with E-state index in [4.69, 9.17) is 4.74 Å². The maximum Gasteiger partial charge on any atom is 0.338 e. The van der Waals surface area contributed by atoms with Gasteiger partial charge in [-0.15, -0.1) is 0 Å². The highest BCUT2D eigenvalue weighted by Crippen LogP contribution is 2.18. The van der Waals surface area contributed by atoms with Gasteiger partial charge in [-0.1, -0.05) is 33.3 Å². The highest BCUT2D eigenvalue weighted by molar-refractivity contribution is 7.89. The zero-order valence-corrected chi connectivity index (χ0v) is 20.5. The zero-order chi connectivity index (χ0) is 25.0. The highest BCUT2D eigenvalue weighted by atomic mass is 32.2. The Labute approximate surface area is 197 Å². The summed E-state index contributed by atoms with van der Waals surface area (Å²) in [5.74, 6) is -0.461. The van der Waals surface area contributed by atoms with Gasteiger partial charge in [-0.05, 0) is 24.6 Å². The van der Waals surface area contributed by atoms with Crippen LogP contribution in [0.15, 0.2) is 38.8 Å². The lowest BCUT2D eigenvalue weighted by Crippen LogP contribution is -2.31. The first-order valence-electron chi connectivity index (χ1n) is 11.1. The summed E-state index contributed by atoms with van der Waals surface area (Å²) in [6.07, 6.45) is 1.59. The van der Waals surface area contributed by atoms with E-state index in [0.29, 0.717) is 19.6 Å². The Morgan fingerprint density at radius 1 is 1.18 bits per heavy atom. The molecule has 0 fully saturated rings. The van der Waals surface area contributed by atoms with Crippen LogP contribution >= 0.6 is 0 Å². The van der Waals surface area contributed by atoms with Crippen LogP contribution in [0.2, 0.25) is 0 Å². The van der Waals surface area contributed by atoms with E-state index < -0.39 is 27.2 Å². The minimum absolute atomic E-state index is 0.000134. The van der Waals surface area contributed by atoms with Gasteiger partial charge in [-0.2, -0.15) is 4.31 Å². The molecule has 0 aliphatic rings. The molecule has 2 aromatic heterocycles.